The highest BCUT2D eigenvalue weighted by molar-refractivity contribution is 5.82. The number of hydrogen-bond acceptors (Lipinski definition) is 2. The molecule has 1 spiro atoms. The van der Waals surface area contributed by atoms with Gasteiger partial charge >= 0.3 is 0 Å². The molecule has 0 unspecified atom stereocenters. The van der Waals surface area contributed by atoms with E-state index in [9.17, 15) is 4.79 Å². The van der Waals surface area contributed by atoms with Crippen LogP contribution in [0.2, 0.25) is 0 Å². The van der Waals surface area contributed by atoms with Crippen molar-refractivity contribution in [2.24, 2.45) is 46.3 Å². The zero-order valence-corrected chi connectivity index (χ0v) is 19.6. The summed E-state index contributed by atoms with van der Waals surface area (Å²) in [5, 5.41) is 0. The molecule has 2 heteroatoms. The first-order valence-corrected chi connectivity index (χ1v) is 12.9. The van der Waals surface area contributed by atoms with Crippen molar-refractivity contribution in [1.82, 2.24) is 0 Å². The minimum atomic E-state index is 0.0813. The number of epoxide rings is 1. The van der Waals surface area contributed by atoms with Gasteiger partial charge in [-0.05, 0) is 79.4 Å². The molecule has 1 saturated heterocycles. The van der Waals surface area contributed by atoms with Crippen molar-refractivity contribution in [2.45, 2.75) is 117 Å². The van der Waals surface area contributed by atoms with Crippen LogP contribution in [0.4, 0.5) is 0 Å². The highest BCUT2D eigenvalue weighted by Crippen LogP contribution is 2.73. The van der Waals surface area contributed by atoms with Gasteiger partial charge in [-0.3, -0.25) is 4.79 Å². The van der Waals surface area contributed by atoms with E-state index in [-0.39, 0.29) is 17.1 Å². The minimum absolute atomic E-state index is 0.0813. The summed E-state index contributed by atoms with van der Waals surface area (Å²) in [6.07, 6.45) is 14.2. The highest BCUT2D eigenvalue weighted by Gasteiger charge is 2.75. The summed E-state index contributed by atoms with van der Waals surface area (Å²) in [5.74, 6) is 5.56. The number of Topliss-reactive ketones (excluding diaryl/α,β-unsaturated/α-hetero) is 1. The molecule has 29 heavy (non-hydrogen) atoms. The number of ketones is 1. The number of carbonyl (C=O) groups excluding carboxylic acids is 1. The Kier molecular flexibility index (Phi) is 4.82. The molecule has 9 atom stereocenters. The lowest BCUT2D eigenvalue weighted by atomic mass is 9.44. The summed E-state index contributed by atoms with van der Waals surface area (Å²) < 4.78 is 6.33. The molecule has 2 nitrogen and oxygen atoms in total. The molecule has 4 aliphatic carbocycles. The molecule has 5 fully saturated rings. The molecular formula is C27H44O2. The van der Waals surface area contributed by atoms with Crippen molar-refractivity contribution in [3.05, 3.63) is 0 Å². The highest BCUT2D eigenvalue weighted by atomic mass is 16.6. The van der Waals surface area contributed by atoms with Gasteiger partial charge in [0.1, 0.15) is 11.4 Å². The first-order valence-electron chi connectivity index (χ1n) is 12.9. The third kappa shape index (κ3) is 2.86. The number of rotatable bonds is 5. The second-order valence-electron chi connectivity index (χ2n) is 12.8. The molecule has 4 saturated carbocycles. The first-order chi connectivity index (χ1) is 13.7. The fourth-order valence-electron chi connectivity index (χ4n) is 9.60. The molecule has 5 rings (SSSR count). The van der Waals surface area contributed by atoms with Gasteiger partial charge in [-0.2, -0.15) is 0 Å². The Bertz CT molecular complexity index is 669. The largest absolute Gasteiger partial charge is 0.365 e. The average Bonchev–Trinajstić information content (AvgIpc) is 3.23. The minimum Gasteiger partial charge on any atom is -0.365 e. The molecule has 0 radical (unpaired) electrons. The van der Waals surface area contributed by atoms with Crippen LogP contribution in [0.15, 0.2) is 0 Å². The van der Waals surface area contributed by atoms with E-state index in [0.29, 0.717) is 17.6 Å². The van der Waals surface area contributed by atoms with Crippen molar-refractivity contribution in [3.63, 3.8) is 0 Å². The van der Waals surface area contributed by atoms with Gasteiger partial charge in [0.05, 0.1) is 6.10 Å². The maximum absolute atomic E-state index is 12.5. The molecular weight excluding hydrogens is 356 g/mol. The Balaban J connectivity index is 1.33. The fraction of sp³-hybridized carbons (Fsp3) is 0.963. The van der Waals surface area contributed by atoms with E-state index in [0.717, 1.165) is 41.9 Å². The Labute approximate surface area is 178 Å². The van der Waals surface area contributed by atoms with Crippen molar-refractivity contribution in [1.29, 1.82) is 0 Å². The standard InChI is InChI=1S/C27H44O2/c1-17(2)7-6-8-18(3)21-9-10-22-20-11-14-27-24(29-27)15-19(28)16-26(27,5)23(20)12-13-25(21,22)4/h17-18,20-24H,6-16H2,1-5H3/t18-,20+,21-,22+,23+,24-,25-,26-,27-/m1/s1. The predicted octanol–water partition coefficient (Wildman–Crippen LogP) is 6.81. The maximum atomic E-state index is 12.5. The van der Waals surface area contributed by atoms with Gasteiger partial charge in [-0.1, -0.05) is 53.9 Å². The topological polar surface area (TPSA) is 29.6 Å². The average molecular weight is 401 g/mol. The molecule has 164 valence electrons. The zero-order valence-electron chi connectivity index (χ0n) is 19.6. The summed E-state index contributed by atoms with van der Waals surface area (Å²) in [6, 6.07) is 0. The lowest BCUT2D eigenvalue weighted by molar-refractivity contribution is -0.139. The van der Waals surface area contributed by atoms with E-state index in [1.54, 1.807) is 0 Å². The maximum Gasteiger partial charge on any atom is 0.136 e. The fourth-order valence-corrected chi connectivity index (χ4v) is 9.60. The number of ether oxygens (including phenoxy) is 1. The van der Waals surface area contributed by atoms with E-state index in [1.165, 1.54) is 57.8 Å². The molecule has 0 amide bonds. The summed E-state index contributed by atoms with van der Waals surface area (Å²) in [6.45, 7) is 12.4. The molecule has 0 aromatic carbocycles. The Morgan fingerprint density at radius 2 is 1.79 bits per heavy atom. The van der Waals surface area contributed by atoms with Crippen molar-refractivity contribution < 1.29 is 9.53 Å². The quantitative estimate of drug-likeness (QED) is 0.474. The van der Waals surface area contributed by atoms with Gasteiger partial charge in [0, 0.05) is 18.3 Å². The van der Waals surface area contributed by atoms with Gasteiger partial charge in [0.15, 0.2) is 0 Å². The van der Waals surface area contributed by atoms with Crippen LogP contribution in [-0.4, -0.2) is 17.5 Å². The second-order valence-corrected chi connectivity index (χ2v) is 12.8. The van der Waals surface area contributed by atoms with Crippen LogP contribution in [-0.2, 0) is 9.53 Å². The van der Waals surface area contributed by atoms with Gasteiger partial charge in [0.2, 0.25) is 0 Å². The first kappa shape index (κ1) is 20.5. The second kappa shape index (κ2) is 6.81. The Morgan fingerprint density at radius 3 is 2.55 bits per heavy atom. The van der Waals surface area contributed by atoms with E-state index in [1.807, 2.05) is 0 Å². The van der Waals surface area contributed by atoms with Crippen LogP contribution < -0.4 is 0 Å². The molecule has 1 heterocycles. The third-order valence-electron chi connectivity index (χ3n) is 11.1. The van der Waals surface area contributed by atoms with Crippen molar-refractivity contribution >= 4 is 5.78 Å². The van der Waals surface area contributed by atoms with Gasteiger partial charge in [-0.15, -0.1) is 0 Å². The number of fused-ring (bicyclic) bond motifs is 4. The van der Waals surface area contributed by atoms with Gasteiger partial charge < -0.3 is 4.74 Å². The monoisotopic (exact) mass is 400 g/mol. The Hall–Kier alpha value is -0.370. The van der Waals surface area contributed by atoms with Crippen LogP contribution >= 0.6 is 0 Å². The normalized spacial score (nSPS) is 51.8. The lowest BCUT2D eigenvalue weighted by Gasteiger charge is -2.59. The SMILES string of the molecule is CC(C)CCC[C@@H](C)[C@H]1CC[C@H]2[C@@H]3CC[C@@]45O[C@@H]4CC(=O)C[C@]5(C)[C@H]3CC[C@]12C. The van der Waals surface area contributed by atoms with Crippen LogP contribution in [0.3, 0.4) is 0 Å². The molecule has 0 bridgehead atoms. The van der Waals surface area contributed by atoms with E-state index in [2.05, 4.69) is 34.6 Å². The van der Waals surface area contributed by atoms with Crippen LogP contribution in [0.25, 0.3) is 0 Å². The number of hydrogen-bond donors (Lipinski definition) is 0. The van der Waals surface area contributed by atoms with Gasteiger partial charge in [0.25, 0.3) is 0 Å². The van der Waals surface area contributed by atoms with Gasteiger partial charge in [-0.25, -0.2) is 0 Å². The zero-order chi connectivity index (χ0) is 20.6. The van der Waals surface area contributed by atoms with E-state index in [4.69, 9.17) is 4.74 Å². The van der Waals surface area contributed by atoms with Crippen molar-refractivity contribution in [3.8, 4) is 0 Å². The predicted molar refractivity (Wildman–Crippen MR) is 118 cm³/mol. The molecule has 5 aliphatic rings. The summed E-state index contributed by atoms with van der Waals surface area (Å²) in [4.78, 5) is 12.5. The van der Waals surface area contributed by atoms with Crippen LogP contribution in [0.5, 0.6) is 0 Å². The number of carbonyl (C=O) groups is 1. The van der Waals surface area contributed by atoms with Crippen LogP contribution in [0.1, 0.15) is 105 Å². The molecule has 0 N–H and O–H groups in total. The molecule has 0 aromatic heterocycles. The van der Waals surface area contributed by atoms with Crippen molar-refractivity contribution in [2.75, 3.05) is 0 Å². The third-order valence-corrected chi connectivity index (χ3v) is 11.1. The smallest absolute Gasteiger partial charge is 0.136 e. The summed E-state index contributed by atoms with van der Waals surface area (Å²) in [5.41, 5.74) is 0.748. The summed E-state index contributed by atoms with van der Waals surface area (Å²) in [7, 11) is 0. The molecule has 0 aromatic rings. The van der Waals surface area contributed by atoms with E-state index < -0.39 is 0 Å². The molecule has 1 aliphatic heterocycles. The van der Waals surface area contributed by atoms with E-state index >= 15 is 0 Å². The summed E-state index contributed by atoms with van der Waals surface area (Å²) >= 11 is 0. The van der Waals surface area contributed by atoms with Crippen LogP contribution in [0, 0.1) is 46.3 Å². The Morgan fingerprint density at radius 1 is 1.00 bits per heavy atom. The lowest BCUT2D eigenvalue weighted by Crippen LogP contribution is -2.58.